The van der Waals surface area contributed by atoms with Gasteiger partial charge in [0, 0.05) is 29.1 Å². The normalized spacial score (nSPS) is 21.7. The van der Waals surface area contributed by atoms with E-state index in [1.54, 1.807) is 30.3 Å². The molecule has 0 aliphatic heterocycles. The fourth-order valence-corrected chi connectivity index (χ4v) is 10.5. The Morgan fingerprint density at radius 3 is 1.36 bits per heavy atom. The Balaban J connectivity index is 2.49. The van der Waals surface area contributed by atoms with Crippen LogP contribution in [0.25, 0.3) is 0 Å². The van der Waals surface area contributed by atoms with Crippen molar-refractivity contribution in [2.24, 2.45) is 0 Å². The molecule has 0 heterocycles. The molecule has 0 radical (unpaired) electrons. The smallest absolute Gasteiger partial charge is 0.200 e. The van der Waals surface area contributed by atoms with E-state index in [0.717, 1.165) is 0 Å². The zero-order valence-electron chi connectivity index (χ0n) is 18.1. The predicted molar refractivity (Wildman–Crippen MR) is 165 cm³/mol. The van der Waals surface area contributed by atoms with Gasteiger partial charge in [-0.05, 0) is 37.4 Å². The van der Waals surface area contributed by atoms with Gasteiger partial charge in [-0.2, -0.15) is 0 Å². The maximum Gasteiger partial charge on any atom is 0.200 e. The van der Waals surface area contributed by atoms with Crippen molar-refractivity contribution in [2.75, 3.05) is 0 Å². The summed E-state index contributed by atoms with van der Waals surface area (Å²) in [4.78, 5) is 0. The van der Waals surface area contributed by atoms with Gasteiger partial charge in [-0.15, -0.1) is 0 Å². The highest BCUT2D eigenvalue weighted by Gasteiger charge is 2.64. The molecule has 2 unspecified atom stereocenters. The average Bonchev–Trinajstić information content (AvgIpc) is 2.93. The highest BCUT2D eigenvalue weighted by molar-refractivity contribution is 9.17. The van der Waals surface area contributed by atoms with Gasteiger partial charge in [0.2, 0.25) is 5.82 Å². The van der Waals surface area contributed by atoms with Crippen molar-refractivity contribution in [3.8, 4) is 0 Å². The maximum absolute atomic E-state index is 16.0. The zero-order chi connectivity index (χ0) is 29.4. The van der Waals surface area contributed by atoms with E-state index >= 15 is 8.78 Å². The molecule has 39 heavy (non-hydrogen) atoms. The first-order valence-corrected chi connectivity index (χ1v) is 15.9. The summed E-state index contributed by atoms with van der Waals surface area (Å²) >= 11 is 49.6. The zero-order valence-corrected chi connectivity index (χ0v) is 29.8. The van der Waals surface area contributed by atoms with E-state index in [2.05, 4.69) is 79.6 Å². The van der Waals surface area contributed by atoms with Gasteiger partial charge >= 0.3 is 0 Å². The molecule has 1 aliphatic carbocycles. The maximum atomic E-state index is 16.0. The molecule has 0 fully saturated rings. The van der Waals surface area contributed by atoms with Crippen molar-refractivity contribution in [1.29, 1.82) is 0 Å². The lowest BCUT2D eigenvalue weighted by Crippen LogP contribution is -2.51. The summed E-state index contributed by atoms with van der Waals surface area (Å²) in [5.41, 5.74) is -4.02. The number of rotatable bonds is 3. The van der Waals surface area contributed by atoms with E-state index in [0.29, 0.717) is 4.48 Å². The second-order valence-electron chi connectivity index (χ2n) is 7.92. The van der Waals surface area contributed by atoms with Gasteiger partial charge in [0.15, 0.2) is 23.3 Å². The minimum atomic E-state index is -2.54. The summed E-state index contributed by atoms with van der Waals surface area (Å²) in [6.45, 7) is 0. The topological polar surface area (TPSA) is 0 Å². The molecule has 3 aromatic rings. The molecule has 0 spiro atoms. The van der Waals surface area contributed by atoms with Crippen LogP contribution in [0, 0.1) is 29.1 Å². The van der Waals surface area contributed by atoms with Crippen LogP contribution in [0.4, 0.5) is 22.0 Å². The minimum Gasteiger partial charge on any atom is -0.203 e. The molecule has 4 rings (SSSR count). The molecular formula is C24H5Br5Cl5F5. The molecule has 0 bridgehead atoms. The Morgan fingerprint density at radius 1 is 0.513 bits per heavy atom. The molecule has 3 aromatic carbocycles. The van der Waals surface area contributed by atoms with Crippen LogP contribution in [0.1, 0.15) is 16.7 Å². The Labute approximate surface area is 285 Å². The van der Waals surface area contributed by atoms with Gasteiger partial charge in [-0.1, -0.05) is 136 Å². The van der Waals surface area contributed by atoms with Crippen molar-refractivity contribution in [2.45, 2.75) is 9.74 Å². The summed E-state index contributed by atoms with van der Waals surface area (Å²) in [6, 6.07) is 7.96. The first kappa shape index (κ1) is 32.6. The third kappa shape index (κ3) is 4.48. The minimum absolute atomic E-state index is 0.0960. The predicted octanol–water partition coefficient (Wildman–Crippen LogP) is 13.2. The van der Waals surface area contributed by atoms with Gasteiger partial charge in [0.25, 0.3) is 0 Å². The average molecular weight is 965 g/mol. The third-order valence-corrected chi connectivity index (χ3v) is 15.5. The standard InChI is InChI=1S/C24H5Br5Cl5F5/c25-9-10(26)22(28)24(29,6-4-2-1-3-5-6)23(21(9)27,7-11(30)13(32)15(34)14(33)12(7)31)8-16(35)18(37)20(39)19(38)17(8)36/h1-5H. The molecule has 2 atom stereocenters. The van der Waals surface area contributed by atoms with E-state index in [1.807, 2.05) is 0 Å². The van der Waals surface area contributed by atoms with Crippen LogP contribution in [0.5, 0.6) is 0 Å². The Kier molecular flexibility index (Phi) is 9.70. The summed E-state index contributed by atoms with van der Waals surface area (Å²) in [5.74, 6) is -11.1. The lowest BCUT2D eigenvalue weighted by Gasteiger charge is -2.52. The Hall–Kier alpha value is 0.640. The number of hydrogen-bond acceptors (Lipinski definition) is 0. The molecule has 0 nitrogen and oxygen atoms in total. The van der Waals surface area contributed by atoms with E-state index in [-0.39, 0.29) is 34.1 Å². The third-order valence-electron chi connectivity index (χ3n) is 6.07. The van der Waals surface area contributed by atoms with Gasteiger partial charge in [-0.3, -0.25) is 0 Å². The Morgan fingerprint density at radius 2 is 0.897 bits per heavy atom. The number of hydrogen-bond donors (Lipinski definition) is 0. The first-order valence-electron chi connectivity index (χ1n) is 10.00. The number of benzene rings is 3. The summed E-state index contributed by atoms with van der Waals surface area (Å²) in [5, 5.41) is -1.98. The van der Waals surface area contributed by atoms with Crippen LogP contribution < -0.4 is 0 Å². The van der Waals surface area contributed by atoms with Crippen LogP contribution in [0.3, 0.4) is 0 Å². The van der Waals surface area contributed by atoms with Gasteiger partial charge in [0.05, 0.1) is 30.5 Å². The molecule has 206 valence electrons. The van der Waals surface area contributed by atoms with E-state index < -0.39 is 60.0 Å². The van der Waals surface area contributed by atoms with Crippen LogP contribution in [0.15, 0.2) is 48.3 Å². The summed E-state index contributed by atoms with van der Waals surface area (Å²) < 4.78 is 74.7. The van der Waals surface area contributed by atoms with Crippen molar-refractivity contribution >= 4 is 138 Å². The van der Waals surface area contributed by atoms with Crippen molar-refractivity contribution in [1.82, 2.24) is 0 Å². The van der Waals surface area contributed by atoms with E-state index in [1.165, 1.54) is 0 Å². The van der Waals surface area contributed by atoms with Crippen LogP contribution in [0.2, 0.25) is 25.1 Å². The quantitative estimate of drug-likeness (QED) is 0.106. The molecule has 0 N–H and O–H groups in total. The van der Waals surface area contributed by atoms with Crippen LogP contribution in [-0.2, 0) is 9.74 Å². The number of halogens is 15. The Bertz CT molecular complexity index is 1500. The van der Waals surface area contributed by atoms with Crippen molar-refractivity contribution in [3.63, 3.8) is 0 Å². The van der Waals surface area contributed by atoms with Crippen molar-refractivity contribution < 1.29 is 22.0 Å². The van der Waals surface area contributed by atoms with Crippen LogP contribution >= 0.6 is 138 Å². The highest BCUT2D eigenvalue weighted by atomic mass is 79.9. The lowest BCUT2D eigenvalue weighted by atomic mass is 9.61. The number of allylic oxidation sites excluding steroid dienone is 4. The SMILES string of the molecule is Fc1c(F)c(F)c(C2(c3c(Cl)c(Cl)c(Cl)c(Cl)c3Cl)C(Br)=C(Br)C(Br)=C(Br)C2(Br)c2ccccc2)c(F)c1F. The van der Waals surface area contributed by atoms with E-state index in [9.17, 15) is 13.2 Å². The molecule has 0 aromatic heterocycles. The van der Waals surface area contributed by atoms with E-state index in [4.69, 9.17) is 58.0 Å². The number of alkyl halides is 1. The fourth-order valence-electron chi connectivity index (χ4n) is 4.39. The largest absolute Gasteiger partial charge is 0.203 e. The van der Waals surface area contributed by atoms with Gasteiger partial charge in [0.1, 0.15) is 4.32 Å². The molecule has 0 amide bonds. The van der Waals surface area contributed by atoms with Gasteiger partial charge < -0.3 is 0 Å². The highest BCUT2D eigenvalue weighted by Crippen LogP contribution is 2.71. The first-order chi connectivity index (χ1) is 18.1. The lowest BCUT2D eigenvalue weighted by molar-refractivity contribution is 0.349. The summed E-state index contributed by atoms with van der Waals surface area (Å²) in [6.07, 6.45) is 0. The second kappa shape index (κ2) is 11.6. The van der Waals surface area contributed by atoms with Gasteiger partial charge in [-0.25, -0.2) is 22.0 Å². The molecule has 15 heteroatoms. The second-order valence-corrected chi connectivity index (χ2v) is 14.2. The molecule has 0 saturated heterocycles. The monoisotopic (exact) mass is 957 g/mol. The molecular weight excluding hydrogens is 960 g/mol. The van der Waals surface area contributed by atoms with Crippen molar-refractivity contribution in [3.05, 3.63) is 119 Å². The molecule has 0 saturated carbocycles. The fraction of sp³-hybridized carbons (Fsp3) is 0.0833. The molecule has 1 aliphatic rings. The van der Waals surface area contributed by atoms with Crippen LogP contribution in [-0.4, -0.2) is 0 Å². The summed E-state index contributed by atoms with van der Waals surface area (Å²) in [7, 11) is 0.